The third-order valence-electron chi connectivity index (χ3n) is 1.56. The van der Waals surface area contributed by atoms with Crippen LogP contribution in [0.25, 0.3) is 0 Å². The molecule has 0 amide bonds. The molecule has 1 rings (SSSR count). The van der Waals surface area contributed by atoms with Gasteiger partial charge in [0, 0.05) is 12.5 Å². The topological polar surface area (TPSA) is 26.3 Å². The minimum absolute atomic E-state index is 0.141. The molecule has 0 aliphatic carbocycles. The van der Waals surface area contributed by atoms with Crippen LogP contribution in [0.3, 0.4) is 0 Å². The van der Waals surface area contributed by atoms with E-state index in [1.807, 2.05) is 0 Å². The van der Waals surface area contributed by atoms with Gasteiger partial charge in [0.15, 0.2) is 5.78 Å². The van der Waals surface area contributed by atoms with Crippen LogP contribution in [0.15, 0.2) is 12.3 Å². The molecule has 0 saturated heterocycles. The molecule has 1 aliphatic rings. The third-order valence-corrected chi connectivity index (χ3v) is 1.56. The molecular formula is C8H12O2. The lowest BCUT2D eigenvalue weighted by molar-refractivity contribution is -0.118. The van der Waals surface area contributed by atoms with E-state index >= 15 is 0 Å². The second-order valence-electron chi connectivity index (χ2n) is 2.52. The van der Waals surface area contributed by atoms with E-state index in [0.29, 0.717) is 6.42 Å². The van der Waals surface area contributed by atoms with Crippen LogP contribution >= 0.6 is 0 Å². The van der Waals surface area contributed by atoms with Crippen LogP contribution < -0.4 is 0 Å². The molecule has 2 nitrogen and oxygen atoms in total. The predicted octanol–water partition coefficient (Wildman–Crippen LogP) is 1.66. The second-order valence-corrected chi connectivity index (χ2v) is 2.52. The van der Waals surface area contributed by atoms with Gasteiger partial charge in [0.1, 0.15) is 6.10 Å². The molecule has 0 saturated carbocycles. The first kappa shape index (κ1) is 7.32. The second kappa shape index (κ2) is 3.40. The first-order valence-corrected chi connectivity index (χ1v) is 3.67. The summed E-state index contributed by atoms with van der Waals surface area (Å²) in [6, 6.07) is 0. The molecule has 56 valence electrons. The molecule has 0 bridgehead atoms. The van der Waals surface area contributed by atoms with Crippen molar-refractivity contribution in [1.29, 1.82) is 0 Å². The van der Waals surface area contributed by atoms with E-state index in [1.54, 1.807) is 0 Å². The maximum Gasteiger partial charge on any atom is 0.162 e. The number of hydrogen-bond acceptors (Lipinski definition) is 2. The molecule has 0 fully saturated rings. The summed E-state index contributed by atoms with van der Waals surface area (Å²) >= 11 is 0. The molecular weight excluding hydrogens is 128 g/mol. The Labute approximate surface area is 60.9 Å². The van der Waals surface area contributed by atoms with Crippen molar-refractivity contribution in [3.63, 3.8) is 0 Å². The van der Waals surface area contributed by atoms with E-state index < -0.39 is 0 Å². The zero-order valence-electron chi connectivity index (χ0n) is 6.17. The molecule has 0 unspecified atom stereocenters. The zero-order valence-corrected chi connectivity index (χ0v) is 6.17. The third kappa shape index (κ3) is 1.87. The molecule has 0 aromatic carbocycles. The maximum absolute atomic E-state index is 10.8. The molecule has 0 aromatic rings. The Morgan fingerprint density at radius 3 is 3.20 bits per heavy atom. The molecule has 1 atom stereocenters. The monoisotopic (exact) mass is 140 g/mol. The highest BCUT2D eigenvalue weighted by molar-refractivity contribution is 5.90. The van der Waals surface area contributed by atoms with Crippen molar-refractivity contribution in [3.05, 3.63) is 12.3 Å². The highest BCUT2D eigenvalue weighted by Gasteiger charge is 2.14. The lowest BCUT2D eigenvalue weighted by Gasteiger charge is -2.17. The summed E-state index contributed by atoms with van der Waals surface area (Å²) in [6.45, 7) is 2.09. The fourth-order valence-corrected chi connectivity index (χ4v) is 1.06. The summed E-state index contributed by atoms with van der Waals surface area (Å²) < 4.78 is 5.19. The van der Waals surface area contributed by atoms with Gasteiger partial charge in [-0.05, 0) is 6.42 Å². The minimum Gasteiger partial charge on any atom is -0.497 e. The van der Waals surface area contributed by atoms with Crippen molar-refractivity contribution < 1.29 is 9.53 Å². The van der Waals surface area contributed by atoms with Gasteiger partial charge in [0.2, 0.25) is 0 Å². The predicted molar refractivity (Wildman–Crippen MR) is 38.5 cm³/mol. The number of allylic oxidation sites excluding steroid dienone is 1. The van der Waals surface area contributed by atoms with E-state index in [9.17, 15) is 4.79 Å². The van der Waals surface area contributed by atoms with E-state index in [4.69, 9.17) is 4.74 Å². The molecule has 0 aromatic heterocycles. The van der Waals surface area contributed by atoms with Crippen LogP contribution in [0, 0.1) is 0 Å². The highest BCUT2D eigenvalue weighted by Crippen LogP contribution is 2.12. The SMILES string of the molecule is CCC[C@H]1CC(=O)C=CO1. The average molecular weight is 140 g/mol. The fourth-order valence-electron chi connectivity index (χ4n) is 1.06. The average Bonchev–Trinajstić information content (AvgIpc) is 1.88. The van der Waals surface area contributed by atoms with E-state index in [2.05, 4.69) is 6.92 Å². The molecule has 1 aliphatic heterocycles. The van der Waals surface area contributed by atoms with Gasteiger partial charge in [-0.3, -0.25) is 4.79 Å². The largest absolute Gasteiger partial charge is 0.497 e. The van der Waals surface area contributed by atoms with Gasteiger partial charge >= 0.3 is 0 Å². The quantitative estimate of drug-likeness (QED) is 0.583. The summed E-state index contributed by atoms with van der Waals surface area (Å²) in [5.41, 5.74) is 0. The van der Waals surface area contributed by atoms with E-state index in [-0.39, 0.29) is 11.9 Å². The van der Waals surface area contributed by atoms with Gasteiger partial charge in [-0.25, -0.2) is 0 Å². The van der Waals surface area contributed by atoms with Gasteiger partial charge in [0.05, 0.1) is 6.26 Å². The van der Waals surface area contributed by atoms with E-state index in [1.165, 1.54) is 12.3 Å². The molecule has 0 radical (unpaired) electrons. The molecule has 10 heavy (non-hydrogen) atoms. The molecule has 2 heteroatoms. The summed E-state index contributed by atoms with van der Waals surface area (Å²) in [4.78, 5) is 10.8. The molecule has 1 heterocycles. The number of rotatable bonds is 2. The molecule has 0 spiro atoms. The van der Waals surface area contributed by atoms with Crippen molar-refractivity contribution in [3.8, 4) is 0 Å². The summed E-state index contributed by atoms with van der Waals surface area (Å²) in [7, 11) is 0. The van der Waals surface area contributed by atoms with Gasteiger partial charge in [0.25, 0.3) is 0 Å². The number of carbonyl (C=O) groups excluding carboxylic acids is 1. The highest BCUT2D eigenvalue weighted by atomic mass is 16.5. The Hall–Kier alpha value is -0.790. The number of hydrogen-bond donors (Lipinski definition) is 0. The van der Waals surface area contributed by atoms with Crippen molar-refractivity contribution in [2.75, 3.05) is 0 Å². The lowest BCUT2D eigenvalue weighted by Crippen LogP contribution is -2.17. The van der Waals surface area contributed by atoms with Gasteiger partial charge in [-0.1, -0.05) is 13.3 Å². The summed E-state index contributed by atoms with van der Waals surface area (Å²) in [6.07, 6.45) is 5.76. The molecule has 0 N–H and O–H groups in total. The Morgan fingerprint density at radius 1 is 1.80 bits per heavy atom. The van der Waals surface area contributed by atoms with Crippen LogP contribution in [0.4, 0.5) is 0 Å². The standard InChI is InChI=1S/C8H12O2/c1-2-3-8-6-7(9)4-5-10-8/h4-5,8H,2-3,6H2,1H3/t8-/m0/s1. The van der Waals surface area contributed by atoms with Crippen LogP contribution in [0.2, 0.25) is 0 Å². The Morgan fingerprint density at radius 2 is 2.60 bits per heavy atom. The summed E-state index contributed by atoms with van der Waals surface area (Å²) in [5, 5.41) is 0. The van der Waals surface area contributed by atoms with Crippen LogP contribution in [-0.2, 0) is 9.53 Å². The van der Waals surface area contributed by atoms with Crippen molar-refractivity contribution >= 4 is 5.78 Å². The van der Waals surface area contributed by atoms with Crippen LogP contribution in [0.5, 0.6) is 0 Å². The van der Waals surface area contributed by atoms with Crippen molar-refractivity contribution in [1.82, 2.24) is 0 Å². The maximum atomic E-state index is 10.8. The zero-order chi connectivity index (χ0) is 7.40. The van der Waals surface area contributed by atoms with Gasteiger partial charge < -0.3 is 4.74 Å². The minimum atomic E-state index is 0.141. The van der Waals surface area contributed by atoms with Crippen molar-refractivity contribution in [2.24, 2.45) is 0 Å². The lowest BCUT2D eigenvalue weighted by atomic mass is 10.1. The van der Waals surface area contributed by atoms with Crippen LogP contribution in [0.1, 0.15) is 26.2 Å². The summed E-state index contributed by atoms with van der Waals surface area (Å²) in [5.74, 6) is 0.185. The fraction of sp³-hybridized carbons (Fsp3) is 0.625. The van der Waals surface area contributed by atoms with Gasteiger partial charge in [-0.2, -0.15) is 0 Å². The smallest absolute Gasteiger partial charge is 0.162 e. The first-order valence-electron chi connectivity index (χ1n) is 3.67. The number of ether oxygens (including phenoxy) is 1. The number of carbonyl (C=O) groups is 1. The van der Waals surface area contributed by atoms with Crippen molar-refractivity contribution in [2.45, 2.75) is 32.3 Å². The first-order chi connectivity index (χ1) is 4.83. The normalized spacial score (nSPS) is 24.5. The van der Waals surface area contributed by atoms with Crippen LogP contribution in [-0.4, -0.2) is 11.9 Å². The Balaban J connectivity index is 2.36. The van der Waals surface area contributed by atoms with E-state index in [0.717, 1.165) is 12.8 Å². The van der Waals surface area contributed by atoms with Gasteiger partial charge in [-0.15, -0.1) is 0 Å². The Bertz CT molecular complexity index is 149. The number of ketones is 1. The Kier molecular flexibility index (Phi) is 2.49.